The third-order valence-electron chi connectivity index (χ3n) is 3.31. The highest BCUT2D eigenvalue weighted by Gasteiger charge is 2.26. The first-order valence-electron chi connectivity index (χ1n) is 6.53. The van der Waals surface area contributed by atoms with Crippen molar-refractivity contribution < 1.29 is 15.0 Å². The predicted octanol–water partition coefficient (Wildman–Crippen LogP) is 0.450. The Labute approximate surface area is 119 Å². The highest BCUT2D eigenvalue weighted by atomic mass is 16.3. The minimum absolute atomic E-state index is 0.0532. The third-order valence-corrected chi connectivity index (χ3v) is 3.31. The van der Waals surface area contributed by atoms with Crippen LogP contribution in [0.3, 0.4) is 0 Å². The first kappa shape index (κ1) is 16.4. The fourth-order valence-electron chi connectivity index (χ4n) is 1.94. The van der Waals surface area contributed by atoms with E-state index >= 15 is 0 Å². The summed E-state index contributed by atoms with van der Waals surface area (Å²) in [4.78, 5) is 15.7. The molecule has 0 fully saturated rings. The van der Waals surface area contributed by atoms with Crippen molar-refractivity contribution in [1.82, 2.24) is 15.6 Å². The van der Waals surface area contributed by atoms with Crippen molar-refractivity contribution in [2.24, 2.45) is 5.41 Å². The van der Waals surface area contributed by atoms with Gasteiger partial charge in [-0.1, -0.05) is 0 Å². The van der Waals surface area contributed by atoms with E-state index in [1.807, 2.05) is 13.8 Å². The van der Waals surface area contributed by atoms with Crippen LogP contribution in [-0.2, 0) is 17.9 Å². The van der Waals surface area contributed by atoms with Gasteiger partial charge in [-0.15, -0.1) is 0 Å². The summed E-state index contributed by atoms with van der Waals surface area (Å²) >= 11 is 0. The molecule has 112 valence electrons. The number of rotatable bonds is 6. The van der Waals surface area contributed by atoms with E-state index in [1.54, 1.807) is 20.2 Å². The van der Waals surface area contributed by atoms with Crippen LogP contribution in [0.2, 0.25) is 0 Å². The molecule has 0 spiro atoms. The van der Waals surface area contributed by atoms with Crippen molar-refractivity contribution in [3.63, 3.8) is 0 Å². The number of carbonyl (C=O) groups excluding carboxylic acids is 1. The molecule has 20 heavy (non-hydrogen) atoms. The van der Waals surface area contributed by atoms with E-state index in [0.717, 1.165) is 0 Å². The average Bonchev–Trinajstić information content (AvgIpc) is 2.42. The molecule has 0 radical (unpaired) electrons. The Kier molecular flexibility index (Phi) is 5.47. The number of pyridine rings is 1. The van der Waals surface area contributed by atoms with Gasteiger partial charge in [-0.3, -0.25) is 9.78 Å². The molecule has 0 aliphatic carbocycles. The van der Waals surface area contributed by atoms with Crippen molar-refractivity contribution in [3.8, 4) is 5.75 Å². The van der Waals surface area contributed by atoms with Gasteiger partial charge >= 0.3 is 0 Å². The van der Waals surface area contributed by atoms with Crippen LogP contribution < -0.4 is 10.6 Å². The molecule has 1 heterocycles. The monoisotopic (exact) mass is 281 g/mol. The number of hydrogen-bond donors (Lipinski definition) is 4. The summed E-state index contributed by atoms with van der Waals surface area (Å²) in [5.41, 5.74) is 1.17. The fourth-order valence-corrected chi connectivity index (χ4v) is 1.94. The van der Waals surface area contributed by atoms with Crippen LogP contribution in [0.1, 0.15) is 30.7 Å². The molecule has 1 rings (SSSR count). The smallest absolute Gasteiger partial charge is 0.226 e. The van der Waals surface area contributed by atoms with E-state index in [1.165, 1.54) is 0 Å². The molecular formula is C14H23N3O3. The van der Waals surface area contributed by atoms with Crippen LogP contribution in [-0.4, -0.2) is 34.7 Å². The van der Waals surface area contributed by atoms with Gasteiger partial charge in [0.2, 0.25) is 5.91 Å². The standard InChI is InChI=1S/C14H23N3O3/c1-9-12(19)11(10(7-18)5-17-9)6-16-8-14(2,3)13(20)15-4/h5,16,18-19H,6-8H2,1-4H3,(H,15,20). The van der Waals surface area contributed by atoms with Gasteiger partial charge < -0.3 is 20.8 Å². The molecule has 0 bridgehead atoms. The van der Waals surface area contributed by atoms with Gasteiger partial charge in [-0.05, 0) is 20.8 Å². The second-order valence-electron chi connectivity index (χ2n) is 5.42. The van der Waals surface area contributed by atoms with E-state index in [0.29, 0.717) is 29.9 Å². The summed E-state index contributed by atoms with van der Waals surface area (Å²) < 4.78 is 0. The third kappa shape index (κ3) is 3.68. The first-order chi connectivity index (χ1) is 9.33. The van der Waals surface area contributed by atoms with Crippen molar-refractivity contribution in [3.05, 3.63) is 23.0 Å². The first-order valence-corrected chi connectivity index (χ1v) is 6.53. The Morgan fingerprint density at radius 3 is 2.65 bits per heavy atom. The predicted molar refractivity (Wildman–Crippen MR) is 76.1 cm³/mol. The fraction of sp³-hybridized carbons (Fsp3) is 0.571. The van der Waals surface area contributed by atoms with E-state index < -0.39 is 5.41 Å². The Hall–Kier alpha value is -1.66. The second-order valence-corrected chi connectivity index (χ2v) is 5.42. The summed E-state index contributed by atoms with van der Waals surface area (Å²) in [5.74, 6) is 0.0318. The zero-order valence-corrected chi connectivity index (χ0v) is 12.4. The Bertz CT molecular complexity index is 487. The van der Waals surface area contributed by atoms with Crippen molar-refractivity contribution in [2.45, 2.75) is 33.9 Å². The van der Waals surface area contributed by atoms with Gasteiger partial charge in [0.25, 0.3) is 0 Å². The Morgan fingerprint density at radius 2 is 2.10 bits per heavy atom. The molecule has 1 amide bonds. The van der Waals surface area contributed by atoms with Gasteiger partial charge in [0.15, 0.2) is 0 Å². The molecule has 0 aliphatic rings. The van der Waals surface area contributed by atoms with E-state index in [-0.39, 0.29) is 18.3 Å². The molecule has 0 atom stereocenters. The number of hydrogen-bond acceptors (Lipinski definition) is 5. The number of aromatic nitrogens is 1. The summed E-state index contributed by atoms with van der Waals surface area (Å²) in [6, 6.07) is 0. The lowest BCUT2D eigenvalue weighted by Crippen LogP contribution is -2.41. The molecule has 0 saturated carbocycles. The van der Waals surface area contributed by atoms with Crippen LogP contribution in [0.15, 0.2) is 6.20 Å². The largest absolute Gasteiger partial charge is 0.506 e. The van der Waals surface area contributed by atoms with Crippen molar-refractivity contribution in [1.29, 1.82) is 0 Å². The van der Waals surface area contributed by atoms with Crippen LogP contribution in [0.5, 0.6) is 5.75 Å². The van der Waals surface area contributed by atoms with E-state index in [2.05, 4.69) is 15.6 Å². The Morgan fingerprint density at radius 1 is 1.45 bits per heavy atom. The Balaban J connectivity index is 2.76. The normalized spacial score (nSPS) is 11.4. The minimum Gasteiger partial charge on any atom is -0.506 e. The molecule has 6 heteroatoms. The highest BCUT2D eigenvalue weighted by molar-refractivity contribution is 5.81. The van der Waals surface area contributed by atoms with Gasteiger partial charge in [0, 0.05) is 37.5 Å². The molecule has 1 aromatic heterocycles. The van der Waals surface area contributed by atoms with Crippen LogP contribution in [0.4, 0.5) is 0 Å². The zero-order chi connectivity index (χ0) is 15.3. The SMILES string of the molecule is CNC(=O)C(C)(C)CNCc1c(CO)cnc(C)c1O. The second kappa shape index (κ2) is 6.67. The average molecular weight is 281 g/mol. The number of amides is 1. The maximum atomic E-state index is 11.7. The van der Waals surface area contributed by atoms with Crippen LogP contribution >= 0.6 is 0 Å². The summed E-state index contributed by atoms with van der Waals surface area (Å²) in [6.07, 6.45) is 1.55. The molecule has 0 unspecified atom stereocenters. The maximum Gasteiger partial charge on any atom is 0.226 e. The quantitative estimate of drug-likeness (QED) is 0.607. The molecule has 0 saturated heterocycles. The number of aromatic hydroxyl groups is 1. The van der Waals surface area contributed by atoms with Crippen LogP contribution in [0, 0.1) is 12.3 Å². The lowest BCUT2D eigenvalue weighted by atomic mass is 9.92. The summed E-state index contributed by atoms with van der Waals surface area (Å²) in [6.45, 7) is 6.02. The minimum atomic E-state index is -0.550. The van der Waals surface area contributed by atoms with Crippen molar-refractivity contribution in [2.75, 3.05) is 13.6 Å². The molecule has 6 nitrogen and oxygen atoms in total. The van der Waals surface area contributed by atoms with Gasteiger partial charge in [0.1, 0.15) is 5.75 Å². The summed E-state index contributed by atoms with van der Waals surface area (Å²) in [7, 11) is 1.60. The number of aliphatic hydroxyl groups is 1. The summed E-state index contributed by atoms with van der Waals surface area (Å²) in [5, 5.41) is 25.0. The lowest BCUT2D eigenvalue weighted by Gasteiger charge is -2.23. The number of carbonyl (C=O) groups is 1. The zero-order valence-electron chi connectivity index (χ0n) is 12.4. The molecule has 4 N–H and O–H groups in total. The molecule has 1 aromatic rings. The number of nitrogens with one attached hydrogen (secondary N) is 2. The molecule has 0 aromatic carbocycles. The van der Waals surface area contributed by atoms with Gasteiger partial charge in [-0.25, -0.2) is 0 Å². The number of aliphatic hydroxyl groups excluding tert-OH is 1. The van der Waals surface area contributed by atoms with E-state index in [4.69, 9.17) is 0 Å². The van der Waals surface area contributed by atoms with E-state index in [9.17, 15) is 15.0 Å². The van der Waals surface area contributed by atoms with Gasteiger partial charge in [0.05, 0.1) is 17.7 Å². The van der Waals surface area contributed by atoms with Crippen molar-refractivity contribution >= 4 is 5.91 Å². The molecule has 0 aliphatic heterocycles. The number of nitrogens with zero attached hydrogens (tertiary/aromatic N) is 1. The maximum absolute atomic E-state index is 11.7. The molecular weight excluding hydrogens is 258 g/mol. The van der Waals surface area contributed by atoms with Crippen LogP contribution in [0.25, 0.3) is 0 Å². The lowest BCUT2D eigenvalue weighted by molar-refractivity contribution is -0.128. The topological polar surface area (TPSA) is 94.5 Å². The highest BCUT2D eigenvalue weighted by Crippen LogP contribution is 2.24. The number of aryl methyl sites for hydroxylation is 1. The van der Waals surface area contributed by atoms with Gasteiger partial charge in [-0.2, -0.15) is 0 Å².